The van der Waals surface area contributed by atoms with Gasteiger partial charge in [-0.05, 0) is 49.8 Å². The van der Waals surface area contributed by atoms with Crippen LogP contribution in [0.25, 0.3) is 11.5 Å². The molecule has 0 saturated carbocycles. The topological polar surface area (TPSA) is 66.5 Å². The highest BCUT2D eigenvalue weighted by Crippen LogP contribution is 2.18. The molecule has 1 fully saturated rings. The van der Waals surface area contributed by atoms with Gasteiger partial charge in [-0.15, -0.1) is 24.0 Å². The fourth-order valence-electron chi connectivity index (χ4n) is 3.27. The highest BCUT2D eigenvalue weighted by molar-refractivity contribution is 14.0. The number of piperidine rings is 1. The van der Waals surface area contributed by atoms with E-state index in [1.807, 2.05) is 19.1 Å². The first-order valence-electron chi connectivity index (χ1n) is 10.1. The second-order valence-electron chi connectivity index (χ2n) is 7.22. The number of guanidine groups is 1. The lowest BCUT2D eigenvalue weighted by atomic mass is 10.00. The normalized spacial score (nSPS) is 15.4. The lowest BCUT2D eigenvalue weighted by molar-refractivity contribution is 0.273. The fraction of sp³-hybridized carbons (Fsp3) is 0.571. The Hall–Kier alpha value is -1.64. The smallest absolute Gasteiger partial charge is 0.257 e. The van der Waals surface area contributed by atoms with Crippen LogP contribution in [0, 0.1) is 5.92 Å². The highest BCUT2D eigenvalue weighted by Gasteiger charge is 2.18. The molecule has 1 aliphatic rings. The molecule has 1 aromatic heterocycles. The number of nitrogens with zero attached hydrogens (tertiary/aromatic N) is 4. The third-order valence-electron chi connectivity index (χ3n) is 5.07. The molecule has 0 radical (unpaired) electrons. The summed E-state index contributed by atoms with van der Waals surface area (Å²) in [5.41, 5.74) is 2.23. The molecule has 0 bridgehead atoms. The number of hydrogen-bond donors (Lipinski definition) is 1. The number of aliphatic imine (C=N–C) groups is 1. The standard InChI is InChI=1S/C21H31N5O.HI/c1-4-19-24-20(27-25-19)18-8-6-17(7-9-18)10-13-23-21(22-5-2)26-14-11-16(3)12-15-26;/h6-9,16H,4-5,10-15H2,1-3H3,(H,22,23);1H. The highest BCUT2D eigenvalue weighted by atomic mass is 127. The molecule has 1 aliphatic heterocycles. The molecule has 1 aromatic carbocycles. The van der Waals surface area contributed by atoms with Gasteiger partial charge in [0.15, 0.2) is 11.8 Å². The van der Waals surface area contributed by atoms with Crippen molar-refractivity contribution >= 4 is 29.9 Å². The van der Waals surface area contributed by atoms with E-state index in [2.05, 4.69) is 46.3 Å². The van der Waals surface area contributed by atoms with Crippen molar-refractivity contribution in [3.63, 3.8) is 0 Å². The second-order valence-corrected chi connectivity index (χ2v) is 7.22. The van der Waals surface area contributed by atoms with Crippen molar-refractivity contribution in [3.8, 4) is 11.5 Å². The zero-order valence-corrected chi connectivity index (χ0v) is 19.5. The zero-order chi connectivity index (χ0) is 19.1. The number of hydrogen-bond acceptors (Lipinski definition) is 4. The molecular weight excluding hydrogens is 465 g/mol. The van der Waals surface area contributed by atoms with Crippen molar-refractivity contribution in [2.45, 2.75) is 46.5 Å². The summed E-state index contributed by atoms with van der Waals surface area (Å²) in [5.74, 6) is 3.21. The maximum Gasteiger partial charge on any atom is 0.257 e. The van der Waals surface area contributed by atoms with E-state index in [4.69, 9.17) is 9.52 Å². The van der Waals surface area contributed by atoms with Crippen LogP contribution in [0.4, 0.5) is 0 Å². The van der Waals surface area contributed by atoms with Crippen molar-refractivity contribution in [1.29, 1.82) is 0 Å². The maximum atomic E-state index is 5.30. The minimum absolute atomic E-state index is 0. The van der Waals surface area contributed by atoms with Crippen LogP contribution < -0.4 is 5.32 Å². The predicted octanol–water partition coefficient (Wildman–Crippen LogP) is 4.16. The Morgan fingerprint density at radius 3 is 2.54 bits per heavy atom. The molecule has 0 atom stereocenters. The second kappa shape index (κ2) is 11.4. The maximum absolute atomic E-state index is 5.30. The summed E-state index contributed by atoms with van der Waals surface area (Å²) < 4.78 is 5.30. The van der Waals surface area contributed by atoms with E-state index in [9.17, 15) is 0 Å². The van der Waals surface area contributed by atoms with Crippen molar-refractivity contribution in [1.82, 2.24) is 20.4 Å². The van der Waals surface area contributed by atoms with E-state index in [0.29, 0.717) is 5.89 Å². The number of halogens is 1. The number of aromatic nitrogens is 2. The first-order chi connectivity index (χ1) is 13.2. The minimum atomic E-state index is 0. The van der Waals surface area contributed by atoms with E-state index in [1.54, 1.807) is 0 Å². The van der Waals surface area contributed by atoms with Gasteiger partial charge >= 0.3 is 0 Å². The molecule has 1 saturated heterocycles. The molecule has 6 nitrogen and oxygen atoms in total. The van der Waals surface area contributed by atoms with Gasteiger partial charge in [0.25, 0.3) is 5.89 Å². The molecule has 7 heteroatoms. The van der Waals surface area contributed by atoms with Gasteiger partial charge in [0, 0.05) is 38.2 Å². The zero-order valence-electron chi connectivity index (χ0n) is 17.1. The van der Waals surface area contributed by atoms with E-state index < -0.39 is 0 Å². The van der Waals surface area contributed by atoms with Gasteiger partial charge in [-0.1, -0.05) is 31.1 Å². The molecule has 28 heavy (non-hydrogen) atoms. The Kier molecular flexibility index (Phi) is 9.21. The third-order valence-corrected chi connectivity index (χ3v) is 5.07. The summed E-state index contributed by atoms with van der Waals surface area (Å²) >= 11 is 0. The van der Waals surface area contributed by atoms with Crippen LogP contribution in [0.2, 0.25) is 0 Å². The quantitative estimate of drug-likeness (QED) is 0.369. The van der Waals surface area contributed by atoms with Crippen molar-refractivity contribution in [3.05, 3.63) is 35.7 Å². The van der Waals surface area contributed by atoms with Crippen LogP contribution >= 0.6 is 24.0 Å². The average Bonchev–Trinajstić information content (AvgIpc) is 3.18. The van der Waals surface area contributed by atoms with E-state index in [-0.39, 0.29) is 24.0 Å². The SMILES string of the molecule is CCNC(=NCCc1ccc(-c2nc(CC)no2)cc1)N1CCC(C)CC1.I. The Balaban J connectivity index is 0.00000280. The van der Waals surface area contributed by atoms with Crippen molar-refractivity contribution < 1.29 is 4.52 Å². The molecule has 2 heterocycles. The first kappa shape index (κ1) is 22.6. The summed E-state index contributed by atoms with van der Waals surface area (Å²) in [6.07, 6.45) is 4.20. The van der Waals surface area contributed by atoms with E-state index in [0.717, 1.165) is 62.3 Å². The lowest BCUT2D eigenvalue weighted by Gasteiger charge is -2.33. The van der Waals surface area contributed by atoms with Gasteiger partial charge < -0.3 is 14.7 Å². The molecule has 0 amide bonds. The Morgan fingerprint density at radius 2 is 1.93 bits per heavy atom. The summed E-state index contributed by atoms with van der Waals surface area (Å²) in [4.78, 5) is 11.6. The van der Waals surface area contributed by atoms with Gasteiger partial charge in [-0.2, -0.15) is 4.98 Å². The summed E-state index contributed by atoms with van der Waals surface area (Å²) in [7, 11) is 0. The summed E-state index contributed by atoms with van der Waals surface area (Å²) in [6.45, 7) is 10.4. The Labute approximate surface area is 185 Å². The summed E-state index contributed by atoms with van der Waals surface area (Å²) in [6, 6.07) is 8.33. The molecule has 3 rings (SSSR count). The Morgan fingerprint density at radius 1 is 1.21 bits per heavy atom. The van der Waals surface area contributed by atoms with Gasteiger partial charge in [0.05, 0.1) is 0 Å². The van der Waals surface area contributed by atoms with E-state index in [1.165, 1.54) is 18.4 Å². The fourth-order valence-corrected chi connectivity index (χ4v) is 3.27. The number of aryl methyl sites for hydroxylation is 1. The molecular formula is C21H32IN5O. The molecule has 0 aliphatic carbocycles. The number of nitrogens with one attached hydrogen (secondary N) is 1. The monoisotopic (exact) mass is 497 g/mol. The van der Waals surface area contributed by atoms with Crippen LogP contribution in [0.1, 0.15) is 45.0 Å². The Bertz CT molecular complexity index is 736. The molecule has 0 spiro atoms. The molecule has 0 unspecified atom stereocenters. The predicted molar refractivity (Wildman–Crippen MR) is 124 cm³/mol. The lowest BCUT2D eigenvalue weighted by Crippen LogP contribution is -2.45. The van der Waals surface area contributed by atoms with E-state index >= 15 is 0 Å². The number of likely N-dealkylation sites (tertiary alicyclic amines) is 1. The van der Waals surface area contributed by atoms with Gasteiger partial charge in [0.2, 0.25) is 0 Å². The van der Waals surface area contributed by atoms with Crippen LogP contribution in [0.3, 0.4) is 0 Å². The molecule has 1 N–H and O–H groups in total. The number of rotatable bonds is 6. The molecule has 2 aromatic rings. The van der Waals surface area contributed by atoms with Gasteiger partial charge in [-0.25, -0.2) is 0 Å². The third kappa shape index (κ3) is 6.18. The van der Waals surface area contributed by atoms with Crippen LogP contribution in [-0.2, 0) is 12.8 Å². The van der Waals surface area contributed by atoms with Crippen molar-refractivity contribution in [2.75, 3.05) is 26.2 Å². The largest absolute Gasteiger partial charge is 0.357 e. The van der Waals surface area contributed by atoms with Gasteiger partial charge in [-0.3, -0.25) is 4.99 Å². The van der Waals surface area contributed by atoms with Crippen LogP contribution in [0.15, 0.2) is 33.8 Å². The van der Waals surface area contributed by atoms with Gasteiger partial charge in [0.1, 0.15) is 0 Å². The number of benzene rings is 1. The average molecular weight is 497 g/mol. The van der Waals surface area contributed by atoms with Crippen LogP contribution in [-0.4, -0.2) is 47.2 Å². The summed E-state index contributed by atoms with van der Waals surface area (Å²) in [5, 5.41) is 7.39. The molecule has 154 valence electrons. The minimum Gasteiger partial charge on any atom is -0.357 e. The van der Waals surface area contributed by atoms with Crippen LogP contribution in [0.5, 0.6) is 0 Å². The first-order valence-corrected chi connectivity index (χ1v) is 10.1. The van der Waals surface area contributed by atoms with Crippen molar-refractivity contribution in [2.24, 2.45) is 10.9 Å².